The molecule has 0 bridgehead atoms. The SMILES string of the molecule is CCC1CCCC12CC(N)CCO2. The predicted octanol–water partition coefficient (Wildman–Crippen LogP) is 2.07. The summed E-state index contributed by atoms with van der Waals surface area (Å²) in [6.45, 7) is 3.17. The Morgan fingerprint density at radius 2 is 2.31 bits per heavy atom. The van der Waals surface area contributed by atoms with Gasteiger partial charge in [-0.15, -0.1) is 0 Å². The summed E-state index contributed by atoms with van der Waals surface area (Å²) in [6.07, 6.45) is 7.35. The zero-order chi connectivity index (χ0) is 9.31. The van der Waals surface area contributed by atoms with Crippen molar-refractivity contribution >= 4 is 0 Å². The maximum atomic E-state index is 6.03. The van der Waals surface area contributed by atoms with Crippen LogP contribution in [0.4, 0.5) is 0 Å². The first kappa shape index (κ1) is 9.47. The van der Waals surface area contributed by atoms with Crippen molar-refractivity contribution in [2.45, 2.75) is 57.1 Å². The lowest BCUT2D eigenvalue weighted by Gasteiger charge is -2.41. The lowest BCUT2D eigenvalue weighted by Crippen LogP contribution is -2.47. The van der Waals surface area contributed by atoms with E-state index < -0.39 is 0 Å². The van der Waals surface area contributed by atoms with Crippen LogP contribution in [-0.4, -0.2) is 18.2 Å². The Labute approximate surface area is 80.8 Å². The molecule has 76 valence electrons. The second-order valence-electron chi connectivity index (χ2n) is 4.66. The smallest absolute Gasteiger partial charge is 0.0725 e. The topological polar surface area (TPSA) is 35.2 Å². The fourth-order valence-corrected chi connectivity index (χ4v) is 3.17. The first-order valence-corrected chi connectivity index (χ1v) is 5.66. The molecular weight excluding hydrogens is 162 g/mol. The van der Waals surface area contributed by atoms with Crippen molar-refractivity contribution in [3.05, 3.63) is 0 Å². The minimum atomic E-state index is 0.187. The highest BCUT2D eigenvalue weighted by Gasteiger charge is 2.45. The molecule has 1 heterocycles. The Balaban J connectivity index is 2.08. The van der Waals surface area contributed by atoms with Crippen LogP contribution in [0.25, 0.3) is 0 Å². The van der Waals surface area contributed by atoms with Gasteiger partial charge in [0.2, 0.25) is 0 Å². The molecule has 1 saturated heterocycles. The number of ether oxygens (including phenoxy) is 1. The van der Waals surface area contributed by atoms with E-state index in [1.54, 1.807) is 0 Å². The van der Waals surface area contributed by atoms with Crippen molar-refractivity contribution in [1.82, 2.24) is 0 Å². The quantitative estimate of drug-likeness (QED) is 0.675. The van der Waals surface area contributed by atoms with Gasteiger partial charge in [0.05, 0.1) is 5.60 Å². The summed E-state index contributed by atoms with van der Waals surface area (Å²) < 4.78 is 6.02. The maximum absolute atomic E-state index is 6.03. The van der Waals surface area contributed by atoms with Gasteiger partial charge in [0.15, 0.2) is 0 Å². The highest BCUT2D eigenvalue weighted by atomic mass is 16.5. The molecule has 0 aromatic rings. The van der Waals surface area contributed by atoms with E-state index in [9.17, 15) is 0 Å². The van der Waals surface area contributed by atoms with E-state index in [1.165, 1.54) is 25.7 Å². The molecule has 2 fully saturated rings. The summed E-state index contributed by atoms with van der Waals surface area (Å²) in [6, 6.07) is 0.390. The van der Waals surface area contributed by atoms with E-state index in [0.29, 0.717) is 6.04 Å². The van der Waals surface area contributed by atoms with Gasteiger partial charge in [0.1, 0.15) is 0 Å². The summed E-state index contributed by atoms with van der Waals surface area (Å²) in [5, 5.41) is 0. The van der Waals surface area contributed by atoms with Crippen LogP contribution in [0.1, 0.15) is 45.4 Å². The Morgan fingerprint density at radius 1 is 1.46 bits per heavy atom. The average Bonchev–Trinajstić information content (AvgIpc) is 2.47. The first-order valence-electron chi connectivity index (χ1n) is 5.66. The summed E-state index contributed by atoms with van der Waals surface area (Å²) in [5.41, 5.74) is 6.21. The van der Waals surface area contributed by atoms with Crippen molar-refractivity contribution in [3.8, 4) is 0 Å². The first-order chi connectivity index (χ1) is 6.27. The van der Waals surface area contributed by atoms with Crippen molar-refractivity contribution in [3.63, 3.8) is 0 Å². The van der Waals surface area contributed by atoms with Gasteiger partial charge >= 0.3 is 0 Å². The Hall–Kier alpha value is -0.0800. The summed E-state index contributed by atoms with van der Waals surface area (Å²) in [7, 11) is 0. The van der Waals surface area contributed by atoms with Gasteiger partial charge in [-0.05, 0) is 31.6 Å². The van der Waals surface area contributed by atoms with Crippen molar-refractivity contribution < 1.29 is 4.74 Å². The lowest BCUT2D eigenvalue weighted by molar-refractivity contribution is -0.108. The average molecular weight is 183 g/mol. The van der Waals surface area contributed by atoms with E-state index in [2.05, 4.69) is 6.92 Å². The van der Waals surface area contributed by atoms with Crippen molar-refractivity contribution in [2.75, 3.05) is 6.61 Å². The van der Waals surface area contributed by atoms with Crippen LogP contribution in [0.5, 0.6) is 0 Å². The normalized spacial score (nSPS) is 45.7. The molecule has 0 amide bonds. The van der Waals surface area contributed by atoms with E-state index in [0.717, 1.165) is 25.4 Å². The lowest BCUT2D eigenvalue weighted by atomic mass is 9.81. The van der Waals surface area contributed by atoms with Gasteiger partial charge < -0.3 is 10.5 Å². The second kappa shape index (κ2) is 3.58. The van der Waals surface area contributed by atoms with Crippen LogP contribution < -0.4 is 5.73 Å². The zero-order valence-corrected chi connectivity index (χ0v) is 8.59. The third-order valence-corrected chi connectivity index (χ3v) is 3.88. The molecule has 2 nitrogen and oxygen atoms in total. The minimum Gasteiger partial charge on any atom is -0.375 e. The monoisotopic (exact) mass is 183 g/mol. The molecule has 1 aliphatic carbocycles. The van der Waals surface area contributed by atoms with E-state index >= 15 is 0 Å². The third-order valence-electron chi connectivity index (χ3n) is 3.88. The molecule has 13 heavy (non-hydrogen) atoms. The molecule has 2 N–H and O–H groups in total. The van der Waals surface area contributed by atoms with E-state index in [4.69, 9.17) is 10.5 Å². The molecule has 0 radical (unpaired) electrons. The third kappa shape index (κ3) is 1.62. The largest absolute Gasteiger partial charge is 0.375 e. The molecule has 2 aliphatic rings. The van der Waals surface area contributed by atoms with Gasteiger partial charge in [0, 0.05) is 12.6 Å². The molecular formula is C11H21NO. The van der Waals surface area contributed by atoms with Gasteiger partial charge in [0.25, 0.3) is 0 Å². The second-order valence-corrected chi connectivity index (χ2v) is 4.66. The Bertz CT molecular complexity index is 183. The molecule has 2 rings (SSSR count). The molecule has 1 spiro atoms. The van der Waals surface area contributed by atoms with Crippen LogP contribution in [0, 0.1) is 5.92 Å². The van der Waals surface area contributed by atoms with Crippen molar-refractivity contribution in [2.24, 2.45) is 11.7 Å². The predicted molar refractivity (Wildman–Crippen MR) is 53.5 cm³/mol. The molecule has 3 unspecified atom stereocenters. The zero-order valence-electron chi connectivity index (χ0n) is 8.59. The fourth-order valence-electron chi connectivity index (χ4n) is 3.17. The molecule has 0 aromatic carbocycles. The van der Waals surface area contributed by atoms with Gasteiger partial charge in [-0.2, -0.15) is 0 Å². The highest BCUT2D eigenvalue weighted by molar-refractivity contribution is 4.97. The minimum absolute atomic E-state index is 0.187. The Kier molecular flexibility index (Phi) is 2.61. The summed E-state index contributed by atoms with van der Waals surface area (Å²) in [5.74, 6) is 0.777. The number of hydrogen-bond acceptors (Lipinski definition) is 2. The van der Waals surface area contributed by atoms with Crippen LogP contribution >= 0.6 is 0 Å². The molecule has 1 saturated carbocycles. The van der Waals surface area contributed by atoms with Gasteiger partial charge in [-0.1, -0.05) is 19.8 Å². The van der Waals surface area contributed by atoms with Gasteiger partial charge in [-0.3, -0.25) is 0 Å². The fraction of sp³-hybridized carbons (Fsp3) is 1.00. The highest BCUT2D eigenvalue weighted by Crippen LogP contribution is 2.45. The molecule has 1 aliphatic heterocycles. The van der Waals surface area contributed by atoms with Crippen LogP contribution in [0.15, 0.2) is 0 Å². The molecule has 3 atom stereocenters. The van der Waals surface area contributed by atoms with Crippen LogP contribution in [-0.2, 0) is 4.74 Å². The van der Waals surface area contributed by atoms with E-state index in [1.807, 2.05) is 0 Å². The van der Waals surface area contributed by atoms with Crippen molar-refractivity contribution in [1.29, 1.82) is 0 Å². The summed E-state index contributed by atoms with van der Waals surface area (Å²) in [4.78, 5) is 0. The van der Waals surface area contributed by atoms with Crippen LogP contribution in [0.3, 0.4) is 0 Å². The number of hydrogen-bond donors (Lipinski definition) is 1. The molecule has 2 heteroatoms. The maximum Gasteiger partial charge on any atom is 0.0725 e. The Morgan fingerprint density at radius 3 is 3.00 bits per heavy atom. The summed E-state index contributed by atoms with van der Waals surface area (Å²) >= 11 is 0. The molecule has 0 aromatic heterocycles. The number of rotatable bonds is 1. The standard InChI is InChI=1S/C11H21NO/c1-2-9-4-3-6-11(9)8-10(12)5-7-13-11/h9-10H,2-8,12H2,1H3. The van der Waals surface area contributed by atoms with Crippen LogP contribution in [0.2, 0.25) is 0 Å². The van der Waals surface area contributed by atoms with Gasteiger partial charge in [-0.25, -0.2) is 0 Å². The number of nitrogens with two attached hydrogens (primary N) is 1. The van der Waals surface area contributed by atoms with E-state index in [-0.39, 0.29) is 5.60 Å².